The van der Waals surface area contributed by atoms with Crippen LogP contribution in [0.2, 0.25) is 0 Å². The molecule has 2 amide bonds. The highest BCUT2D eigenvalue weighted by Gasteiger charge is 2.46. The van der Waals surface area contributed by atoms with Crippen LogP contribution in [0.5, 0.6) is 0 Å². The van der Waals surface area contributed by atoms with Crippen molar-refractivity contribution in [3.05, 3.63) is 59.7 Å². The number of nitrogens with one attached hydrogen (secondary N) is 2. The standard InChI is InChI=1S/C27H30N2O5/c30-24(29-27(11-12-27)15-25(31)32)14-17-9-10-18(13-17)28-26(33)34-16-23-21-7-3-1-5-19(21)20-6-2-4-8-22(20)23/h1-8,17-18,23H,9-16H2,(H,28,33)(H,29,30)(H,31,32)/t17-,18+/m1/s1. The molecule has 2 aromatic carbocycles. The number of carboxylic acids is 1. The lowest BCUT2D eigenvalue weighted by Crippen LogP contribution is -2.39. The highest BCUT2D eigenvalue weighted by atomic mass is 16.5. The molecule has 3 N–H and O–H groups in total. The number of hydrogen-bond donors (Lipinski definition) is 3. The highest BCUT2D eigenvalue weighted by molar-refractivity contribution is 5.80. The summed E-state index contributed by atoms with van der Waals surface area (Å²) in [7, 11) is 0. The normalized spacial score (nSPS) is 21.9. The maximum atomic E-state index is 12.5. The van der Waals surface area contributed by atoms with Gasteiger partial charge in [-0.3, -0.25) is 9.59 Å². The van der Waals surface area contributed by atoms with E-state index in [0.29, 0.717) is 6.42 Å². The Hall–Kier alpha value is -3.35. The van der Waals surface area contributed by atoms with E-state index in [2.05, 4.69) is 34.9 Å². The average molecular weight is 463 g/mol. The van der Waals surface area contributed by atoms with E-state index in [4.69, 9.17) is 9.84 Å². The predicted molar refractivity (Wildman–Crippen MR) is 126 cm³/mol. The summed E-state index contributed by atoms with van der Waals surface area (Å²) < 4.78 is 5.64. The Labute approximate surface area is 198 Å². The number of carboxylic acid groups (broad SMARTS) is 1. The van der Waals surface area contributed by atoms with Crippen molar-refractivity contribution >= 4 is 18.0 Å². The van der Waals surface area contributed by atoms with Crippen molar-refractivity contribution in [1.82, 2.24) is 10.6 Å². The first-order chi connectivity index (χ1) is 16.4. The monoisotopic (exact) mass is 462 g/mol. The molecular formula is C27H30N2O5. The molecule has 0 aromatic heterocycles. The van der Waals surface area contributed by atoms with Gasteiger partial charge in [-0.25, -0.2) is 4.79 Å². The van der Waals surface area contributed by atoms with Crippen molar-refractivity contribution in [2.75, 3.05) is 6.61 Å². The van der Waals surface area contributed by atoms with Crippen LogP contribution >= 0.6 is 0 Å². The Balaban J connectivity index is 1.09. The quantitative estimate of drug-likeness (QED) is 0.545. The topological polar surface area (TPSA) is 105 Å². The lowest BCUT2D eigenvalue weighted by Gasteiger charge is -2.18. The van der Waals surface area contributed by atoms with Crippen LogP contribution in [0, 0.1) is 5.92 Å². The number of aliphatic carboxylic acids is 1. The number of alkyl carbamates (subject to hydrolysis) is 1. The summed E-state index contributed by atoms with van der Waals surface area (Å²) in [6, 6.07) is 16.5. The van der Waals surface area contributed by atoms with Crippen molar-refractivity contribution in [3.63, 3.8) is 0 Å². The van der Waals surface area contributed by atoms with E-state index < -0.39 is 17.6 Å². The number of carbonyl (C=O) groups excluding carboxylic acids is 2. The second-order valence-electron chi connectivity index (χ2n) is 9.95. The van der Waals surface area contributed by atoms with Gasteiger partial charge < -0.3 is 20.5 Å². The third kappa shape index (κ3) is 4.79. The summed E-state index contributed by atoms with van der Waals surface area (Å²) in [5.41, 5.74) is 4.21. The fourth-order valence-electron chi connectivity index (χ4n) is 5.59. The lowest BCUT2D eigenvalue weighted by atomic mass is 9.98. The minimum Gasteiger partial charge on any atom is -0.481 e. The van der Waals surface area contributed by atoms with Crippen LogP contribution in [0.25, 0.3) is 11.1 Å². The second-order valence-corrected chi connectivity index (χ2v) is 9.95. The fourth-order valence-corrected chi connectivity index (χ4v) is 5.59. The fraction of sp³-hybridized carbons (Fsp3) is 0.444. The SMILES string of the molecule is O=C(O)CC1(NC(=O)C[C@@H]2CC[C@H](NC(=O)OCC3c4ccccc4-c4ccccc43)C2)CC1. The zero-order valence-corrected chi connectivity index (χ0v) is 19.1. The molecule has 0 heterocycles. The first-order valence-electron chi connectivity index (χ1n) is 12.1. The molecule has 0 unspecified atom stereocenters. The smallest absolute Gasteiger partial charge is 0.407 e. The lowest BCUT2D eigenvalue weighted by molar-refractivity contribution is -0.138. The molecule has 0 saturated heterocycles. The van der Waals surface area contributed by atoms with E-state index in [1.54, 1.807) is 0 Å². The first-order valence-corrected chi connectivity index (χ1v) is 12.1. The summed E-state index contributed by atoms with van der Waals surface area (Å²) in [5, 5.41) is 14.9. The van der Waals surface area contributed by atoms with Gasteiger partial charge in [-0.2, -0.15) is 0 Å². The van der Waals surface area contributed by atoms with E-state index in [1.807, 2.05) is 24.3 Å². The molecule has 2 saturated carbocycles. The summed E-state index contributed by atoms with van der Waals surface area (Å²) in [6.45, 7) is 0.282. The summed E-state index contributed by atoms with van der Waals surface area (Å²) >= 11 is 0. The molecule has 7 nitrogen and oxygen atoms in total. The Morgan fingerprint density at radius 1 is 0.971 bits per heavy atom. The number of fused-ring (bicyclic) bond motifs is 3. The van der Waals surface area contributed by atoms with E-state index in [0.717, 1.165) is 32.1 Å². The number of hydrogen-bond acceptors (Lipinski definition) is 4. The van der Waals surface area contributed by atoms with Crippen LogP contribution in [0.3, 0.4) is 0 Å². The van der Waals surface area contributed by atoms with Gasteiger partial charge in [0, 0.05) is 18.4 Å². The van der Waals surface area contributed by atoms with Gasteiger partial charge in [0.1, 0.15) is 6.61 Å². The van der Waals surface area contributed by atoms with E-state index >= 15 is 0 Å². The maximum Gasteiger partial charge on any atom is 0.407 e. The van der Waals surface area contributed by atoms with Gasteiger partial charge in [-0.05, 0) is 60.3 Å². The van der Waals surface area contributed by atoms with Crippen molar-refractivity contribution in [2.24, 2.45) is 5.92 Å². The molecule has 178 valence electrons. The molecule has 3 aliphatic rings. The molecular weight excluding hydrogens is 432 g/mol. The van der Waals surface area contributed by atoms with Gasteiger partial charge in [-0.15, -0.1) is 0 Å². The molecule has 3 aliphatic carbocycles. The maximum absolute atomic E-state index is 12.5. The summed E-state index contributed by atoms with van der Waals surface area (Å²) in [5.74, 6) is -0.769. The molecule has 0 bridgehead atoms. The molecule has 0 aliphatic heterocycles. The minimum absolute atomic E-state index is 0.0117. The third-order valence-electron chi connectivity index (χ3n) is 7.43. The van der Waals surface area contributed by atoms with E-state index in [9.17, 15) is 14.4 Å². The molecule has 2 aromatic rings. The second kappa shape index (κ2) is 9.12. The molecule has 0 radical (unpaired) electrons. The zero-order valence-electron chi connectivity index (χ0n) is 19.1. The highest BCUT2D eigenvalue weighted by Crippen LogP contribution is 2.44. The number of amides is 2. The Morgan fingerprint density at radius 3 is 2.24 bits per heavy atom. The molecule has 0 spiro atoms. The van der Waals surface area contributed by atoms with Crippen molar-refractivity contribution < 1.29 is 24.2 Å². The predicted octanol–water partition coefficient (Wildman–Crippen LogP) is 4.21. The zero-order chi connectivity index (χ0) is 23.7. The molecule has 2 fully saturated rings. The van der Waals surface area contributed by atoms with E-state index in [-0.39, 0.29) is 36.8 Å². The van der Waals surface area contributed by atoms with Gasteiger partial charge >= 0.3 is 12.1 Å². The molecule has 34 heavy (non-hydrogen) atoms. The average Bonchev–Trinajstić information content (AvgIpc) is 3.26. The van der Waals surface area contributed by atoms with Gasteiger partial charge in [0.25, 0.3) is 0 Å². The van der Waals surface area contributed by atoms with Gasteiger partial charge in [0.05, 0.1) is 12.0 Å². The Kier molecular flexibility index (Phi) is 6.02. The Morgan fingerprint density at radius 2 is 1.62 bits per heavy atom. The van der Waals surface area contributed by atoms with Gasteiger partial charge in [0.15, 0.2) is 0 Å². The van der Waals surface area contributed by atoms with Crippen LogP contribution in [0.15, 0.2) is 48.5 Å². The minimum atomic E-state index is -0.883. The van der Waals surface area contributed by atoms with E-state index in [1.165, 1.54) is 22.3 Å². The van der Waals surface area contributed by atoms with Crippen molar-refractivity contribution in [2.45, 2.75) is 62.4 Å². The van der Waals surface area contributed by atoms with Gasteiger partial charge in [0.2, 0.25) is 5.91 Å². The first kappa shape index (κ1) is 22.4. The van der Waals surface area contributed by atoms with Crippen molar-refractivity contribution in [1.29, 1.82) is 0 Å². The van der Waals surface area contributed by atoms with Gasteiger partial charge in [-0.1, -0.05) is 48.5 Å². The molecule has 2 atom stereocenters. The number of ether oxygens (including phenoxy) is 1. The molecule has 5 rings (SSSR count). The van der Waals surface area contributed by atoms with Crippen LogP contribution in [-0.2, 0) is 14.3 Å². The Bertz CT molecular complexity index is 1060. The number of carbonyl (C=O) groups is 3. The number of benzene rings is 2. The van der Waals surface area contributed by atoms with Crippen LogP contribution in [0.4, 0.5) is 4.79 Å². The van der Waals surface area contributed by atoms with Crippen LogP contribution < -0.4 is 10.6 Å². The summed E-state index contributed by atoms with van der Waals surface area (Å²) in [4.78, 5) is 35.9. The number of rotatable bonds is 8. The van der Waals surface area contributed by atoms with Crippen LogP contribution in [0.1, 0.15) is 62.0 Å². The molecule has 7 heteroatoms. The largest absolute Gasteiger partial charge is 0.481 e. The van der Waals surface area contributed by atoms with Crippen LogP contribution in [-0.4, -0.2) is 41.3 Å². The third-order valence-corrected chi connectivity index (χ3v) is 7.43. The van der Waals surface area contributed by atoms with Crippen molar-refractivity contribution in [3.8, 4) is 11.1 Å². The summed E-state index contributed by atoms with van der Waals surface area (Å²) in [6.07, 6.45) is 3.76.